The first-order valence-corrected chi connectivity index (χ1v) is 10.9. The van der Waals surface area contributed by atoms with Crippen molar-refractivity contribution in [2.75, 3.05) is 13.1 Å². The van der Waals surface area contributed by atoms with Crippen LogP contribution in [0.3, 0.4) is 0 Å². The molecule has 1 saturated heterocycles. The maximum atomic E-state index is 12.9. The number of amides is 2. The van der Waals surface area contributed by atoms with E-state index in [2.05, 4.69) is 10.3 Å². The summed E-state index contributed by atoms with van der Waals surface area (Å²) in [5, 5.41) is 5.08. The first-order valence-electron chi connectivity index (χ1n) is 9.19. The number of likely N-dealkylation sites (tertiary alicyclic amines) is 1. The molecule has 6 nitrogen and oxygen atoms in total. The maximum Gasteiger partial charge on any atom is 0.264 e. The van der Waals surface area contributed by atoms with Crippen molar-refractivity contribution in [1.29, 1.82) is 0 Å². The van der Waals surface area contributed by atoms with Gasteiger partial charge in [0, 0.05) is 36.3 Å². The Morgan fingerprint density at radius 3 is 2.71 bits per heavy atom. The van der Waals surface area contributed by atoms with Crippen LogP contribution in [0.2, 0.25) is 0 Å². The van der Waals surface area contributed by atoms with Gasteiger partial charge < -0.3 is 10.2 Å². The zero-order valence-electron chi connectivity index (χ0n) is 15.0. The molecule has 0 atom stereocenters. The summed E-state index contributed by atoms with van der Waals surface area (Å²) in [5.41, 5.74) is 1.66. The summed E-state index contributed by atoms with van der Waals surface area (Å²) in [6.45, 7) is 1.30. The molecular weight excluding hydrogens is 392 g/mol. The molecule has 4 aromatic rings. The first-order chi connectivity index (χ1) is 13.7. The Bertz CT molecular complexity index is 1150. The number of carbonyl (C=O) groups excluding carboxylic acids is 2. The molecule has 4 heterocycles. The van der Waals surface area contributed by atoms with Crippen molar-refractivity contribution in [3.63, 3.8) is 0 Å². The maximum absolute atomic E-state index is 12.9. The normalized spacial score (nSPS) is 15.4. The molecule has 28 heavy (non-hydrogen) atoms. The van der Waals surface area contributed by atoms with Crippen molar-refractivity contribution in [2.45, 2.75) is 18.9 Å². The minimum Gasteiger partial charge on any atom is -0.349 e. The van der Waals surface area contributed by atoms with E-state index in [0.717, 1.165) is 33.0 Å². The molecule has 1 aromatic carbocycles. The number of nitrogens with one attached hydrogen (secondary N) is 1. The number of hydrogen-bond acceptors (Lipinski definition) is 5. The van der Waals surface area contributed by atoms with E-state index in [0.29, 0.717) is 18.7 Å². The van der Waals surface area contributed by atoms with Gasteiger partial charge in [-0.25, -0.2) is 4.98 Å². The standard InChI is InChI=1S/C20H18N4O2S2/c25-17(13-4-2-1-3-5-13)21-14-6-8-23(9-7-14)19(26)16-12-15-18(28-16)22-20-24(15)10-11-27-20/h1-5,10-12,14H,6-9H2,(H,21,25). The molecule has 1 aliphatic heterocycles. The zero-order chi connectivity index (χ0) is 19.1. The molecular formula is C20H18N4O2S2. The van der Waals surface area contributed by atoms with E-state index < -0.39 is 0 Å². The van der Waals surface area contributed by atoms with Crippen LogP contribution < -0.4 is 5.32 Å². The van der Waals surface area contributed by atoms with Gasteiger partial charge in [0.2, 0.25) is 0 Å². The largest absolute Gasteiger partial charge is 0.349 e. The van der Waals surface area contributed by atoms with Crippen molar-refractivity contribution in [3.05, 3.63) is 58.4 Å². The molecule has 8 heteroatoms. The average Bonchev–Trinajstić information content (AvgIpc) is 3.41. The second-order valence-electron chi connectivity index (χ2n) is 6.87. The molecule has 5 rings (SSSR count). The number of fused-ring (bicyclic) bond motifs is 3. The molecule has 1 N–H and O–H groups in total. The predicted molar refractivity (Wildman–Crippen MR) is 111 cm³/mol. The summed E-state index contributed by atoms with van der Waals surface area (Å²) in [5.74, 6) is 0.00470. The third kappa shape index (κ3) is 3.08. The smallest absolute Gasteiger partial charge is 0.264 e. The van der Waals surface area contributed by atoms with Gasteiger partial charge in [0.15, 0.2) is 4.96 Å². The lowest BCUT2D eigenvalue weighted by Crippen LogP contribution is -2.46. The van der Waals surface area contributed by atoms with E-state index in [4.69, 9.17) is 0 Å². The molecule has 0 radical (unpaired) electrons. The van der Waals surface area contributed by atoms with Gasteiger partial charge in [0.1, 0.15) is 4.83 Å². The number of imidazole rings is 1. The van der Waals surface area contributed by atoms with Crippen molar-refractivity contribution in [2.24, 2.45) is 0 Å². The highest BCUT2D eigenvalue weighted by Crippen LogP contribution is 2.29. The van der Waals surface area contributed by atoms with Crippen molar-refractivity contribution < 1.29 is 9.59 Å². The van der Waals surface area contributed by atoms with Crippen LogP contribution in [0.25, 0.3) is 15.3 Å². The first kappa shape index (κ1) is 17.4. The molecule has 0 unspecified atom stereocenters. The monoisotopic (exact) mass is 410 g/mol. The van der Waals surface area contributed by atoms with Gasteiger partial charge in [-0.3, -0.25) is 14.0 Å². The number of aromatic nitrogens is 2. The van der Waals surface area contributed by atoms with Crippen LogP contribution in [0, 0.1) is 0 Å². The fourth-order valence-electron chi connectivity index (χ4n) is 3.59. The van der Waals surface area contributed by atoms with Crippen LogP contribution in [0.4, 0.5) is 0 Å². The Kier molecular flexibility index (Phi) is 4.37. The highest BCUT2D eigenvalue weighted by atomic mass is 32.1. The molecule has 0 saturated carbocycles. The van der Waals surface area contributed by atoms with E-state index >= 15 is 0 Å². The fourth-order valence-corrected chi connectivity index (χ4v) is 5.36. The number of thiazole rings is 1. The van der Waals surface area contributed by atoms with Crippen LogP contribution in [0.15, 0.2) is 48.0 Å². The van der Waals surface area contributed by atoms with Crippen molar-refractivity contribution in [3.8, 4) is 0 Å². The molecule has 1 aliphatic rings. The molecule has 0 spiro atoms. The molecule has 0 aliphatic carbocycles. The van der Waals surface area contributed by atoms with E-state index in [1.807, 2.05) is 57.3 Å². The Morgan fingerprint density at radius 2 is 1.93 bits per heavy atom. The lowest BCUT2D eigenvalue weighted by atomic mass is 10.0. The summed E-state index contributed by atoms with van der Waals surface area (Å²) < 4.78 is 2.03. The SMILES string of the molecule is O=C(NC1CCN(C(=O)c2cc3c(nc4sccn43)s2)CC1)c1ccccc1. The van der Waals surface area contributed by atoms with E-state index in [1.54, 1.807) is 11.3 Å². The molecule has 3 aromatic heterocycles. The van der Waals surface area contributed by atoms with Crippen molar-refractivity contribution in [1.82, 2.24) is 19.6 Å². The third-order valence-electron chi connectivity index (χ3n) is 5.10. The summed E-state index contributed by atoms with van der Waals surface area (Å²) >= 11 is 3.04. The van der Waals surface area contributed by atoms with Gasteiger partial charge in [0.25, 0.3) is 11.8 Å². The average molecular weight is 411 g/mol. The van der Waals surface area contributed by atoms with E-state index in [9.17, 15) is 9.59 Å². The van der Waals surface area contributed by atoms with Gasteiger partial charge in [-0.15, -0.1) is 22.7 Å². The minimum atomic E-state index is -0.0507. The summed E-state index contributed by atoms with van der Waals surface area (Å²) in [7, 11) is 0. The molecule has 142 valence electrons. The Labute approximate surface area is 169 Å². The van der Waals surface area contributed by atoms with Gasteiger partial charge in [-0.2, -0.15) is 0 Å². The lowest BCUT2D eigenvalue weighted by Gasteiger charge is -2.32. The summed E-state index contributed by atoms with van der Waals surface area (Å²) in [6.07, 6.45) is 3.52. The van der Waals surface area contributed by atoms with E-state index in [1.165, 1.54) is 11.3 Å². The van der Waals surface area contributed by atoms with Gasteiger partial charge in [-0.05, 0) is 31.0 Å². The number of carbonyl (C=O) groups is 2. The number of thiophene rings is 1. The van der Waals surface area contributed by atoms with Crippen LogP contribution in [0.5, 0.6) is 0 Å². The van der Waals surface area contributed by atoms with Crippen LogP contribution >= 0.6 is 22.7 Å². The van der Waals surface area contributed by atoms with Gasteiger partial charge >= 0.3 is 0 Å². The second-order valence-corrected chi connectivity index (χ2v) is 8.78. The minimum absolute atomic E-state index is 0.0507. The molecule has 1 fully saturated rings. The highest BCUT2D eigenvalue weighted by molar-refractivity contribution is 7.21. The molecule has 0 bridgehead atoms. The number of hydrogen-bond donors (Lipinski definition) is 1. The van der Waals surface area contributed by atoms with Crippen LogP contribution in [0.1, 0.15) is 32.9 Å². The third-order valence-corrected chi connectivity index (χ3v) is 6.87. The summed E-state index contributed by atoms with van der Waals surface area (Å²) in [6, 6.07) is 11.3. The Balaban J connectivity index is 1.23. The lowest BCUT2D eigenvalue weighted by molar-refractivity contribution is 0.0703. The number of rotatable bonds is 3. The fraction of sp³-hybridized carbons (Fsp3) is 0.250. The number of nitrogens with zero attached hydrogens (tertiary/aromatic N) is 3. The number of piperidine rings is 1. The van der Waals surface area contributed by atoms with E-state index in [-0.39, 0.29) is 17.9 Å². The van der Waals surface area contributed by atoms with Crippen LogP contribution in [-0.2, 0) is 0 Å². The quantitative estimate of drug-likeness (QED) is 0.561. The molecule has 2 amide bonds. The second kappa shape index (κ2) is 7.03. The Morgan fingerprint density at radius 1 is 1.14 bits per heavy atom. The predicted octanol–water partition coefficient (Wildman–Crippen LogP) is 3.65. The van der Waals surface area contributed by atoms with Crippen LogP contribution in [-0.4, -0.2) is 45.2 Å². The van der Waals surface area contributed by atoms with Gasteiger partial charge in [-0.1, -0.05) is 18.2 Å². The Hall–Kier alpha value is -2.71. The topological polar surface area (TPSA) is 66.7 Å². The van der Waals surface area contributed by atoms with Crippen molar-refractivity contribution >= 4 is 49.8 Å². The summed E-state index contributed by atoms with van der Waals surface area (Å²) in [4.78, 5) is 34.3. The number of benzene rings is 1. The zero-order valence-corrected chi connectivity index (χ0v) is 16.6. The van der Waals surface area contributed by atoms with Gasteiger partial charge in [0.05, 0.1) is 10.4 Å². The highest BCUT2D eigenvalue weighted by Gasteiger charge is 2.26.